The van der Waals surface area contributed by atoms with Crippen molar-refractivity contribution in [3.8, 4) is 0 Å². The van der Waals surface area contributed by atoms with Crippen molar-refractivity contribution in [3.05, 3.63) is 38.4 Å². The van der Waals surface area contributed by atoms with E-state index in [0.717, 1.165) is 6.07 Å². The molecule has 1 N–H and O–H groups in total. The summed E-state index contributed by atoms with van der Waals surface area (Å²) in [4.78, 5) is 31.3. The minimum Gasteiger partial charge on any atom is -0.466 e. The normalized spacial score (nSPS) is 10.3. The van der Waals surface area contributed by atoms with Gasteiger partial charge >= 0.3 is 5.97 Å². The van der Waals surface area contributed by atoms with Gasteiger partial charge in [0.2, 0.25) is 0 Å². The summed E-state index contributed by atoms with van der Waals surface area (Å²) in [7, 11) is 0. The summed E-state index contributed by atoms with van der Waals surface area (Å²) in [6.07, 6.45) is 0.180. The van der Waals surface area contributed by atoms with E-state index in [4.69, 9.17) is 14.2 Å². The minimum absolute atomic E-state index is 0.176. The molecule has 26 heavy (non-hydrogen) atoms. The molecule has 0 unspecified atom stereocenters. The average molecular weight is 371 g/mol. The van der Waals surface area contributed by atoms with E-state index in [2.05, 4.69) is 5.32 Å². The van der Waals surface area contributed by atoms with Gasteiger partial charge in [0.1, 0.15) is 5.69 Å². The van der Waals surface area contributed by atoms with Gasteiger partial charge in [-0.1, -0.05) is 0 Å². The van der Waals surface area contributed by atoms with Gasteiger partial charge in [0.25, 0.3) is 11.4 Å². The molecule has 1 aromatic carbocycles. The van der Waals surface area contributed by atoms with Crippen molar-refractivity contribution in [2.24, 2.45) is 0 Å². The van der Waals surface area contributed by atoms with E-state index < -0.39 is 9.85 Å². The van der Waals surface area contributed by atoms with Crippen LogP contribution in [-0.2, 0) is 19.0 Å². The van der Waals surface area contributed by atoms with Crippen LogP contribution in [0.25, 0.3) is 0 Å². The number of hydrogen-bond donors (Lipinski definition) is 1. The number of nitrogens with one attached hydrogen (secondary N) is 1. The Bertz CT molecular complexity index is 623. The van der Waals surface area contributed by atoms with E-state index in [9.17, 15) is 25.0 Å². The highest BCUT2D eigenvalue weighted by molar-refractivity contribution is 5.69. The summed E-state index contributed by atoms with van der Waals surface area (Å²) in [5, 5.41) is 24.5. The second kappa shape index (κ2) is 11.7. The highest BCUT2D eigenvalue weighted by Crippen LogP contribution is 2.28. The van der Waals surface area contributed by atoms with E-state index in [0.29, 0.717) is 19.8 Å². The number of non-ortho nitro benzene ring substituents is 1. The molecule has 1 aromatic rings. The molecule has 0 fully saturated rings. The number of anilines is 1. The fourth-order valence-corrected chi connectivity index (χ4v) is 1.90. The van der Waals surface area contributed by atoms with E-state index >= 15 is 0 Å². The number of ether oxygens (including phenoxy) is 3. The number of carbonyl (C=O) groups is 1. The Morgan fingerprint density at radius 1 is 1.08 bits per heavy atom. The van der Waals surface area contributed by atoms with Crippen LogP contribution in [0.15, 0.2) is 18.2 Å². The summed E-state index contributed by atoms with van der Waals surface area (Å²) in [5.41, 5.74) is -0.546. The first kappa shape index (κ1) is 21.3. The number of nitro groups is 2. The van der Waals surface area contributed by atoms with Crippen molar-refractivity contribution < 1.29 is 28.9 Å². The fourth-order valence-electron chi connectivity index (χ4n) is 1.90. The standard InChI is InChI=1S/C15H21N3O8/c1-2-26-15(19)5-7-24-9-10-25-8-6-16-13-4-3-12(17(20)21)11-14(13)18(22)23/h3-4,11,16H,2,5-10H2,1H3. The van der Waals surface area contributed by atoms with Crippen molar-refractivity contribution in [2.75, 3.05) is 44.9 Å². The minimum atomic E-state index is -0.693. The molecule has 144 valence electrons. The highest BCUT2D eigenvalue weighted by atomic mass is 16.6. The molecule has 0 bridgehead atoms. The van der Waals surface area contributed by atoms with Crippen molar-refractivity contribution in [2.45, 2.75) is 13.3 Å². The van der Waals surface area contributed by atoms with Crippen LogP contribution in [0.3, 0.4) is 0 Å². The lowest BCUT2D eigenvalue weighted by Crippen LogP contribution is -2.14. The monoisotopic (exact) mass is 371 g/mol. The topological polar surface area (TPSA) is 143 Å². The van der Waals surface area contributed by atoms with Gasteiger partial charge in [-0.3, -0.25) is 25.0 Å². The van der Waals surface area contributed by atoms with Crippen LogP contribution >= 0.6 is 0 Å². The predicted octanol–water partition coefficient (Wildman–Crippen LogP) is 1.90. The number of benzene rings is 1. The molecule has 0 aliphatic carbocycles. The molecule has 11 nitrogen and oxygen atoms in total. The molecular formula is C15H21N3O8. The van der Waals surface area contributed by atoms with E-state index in [1.165, 1.54) is 12.1 Å². The van der Waals surface area contributed by atoms with E-state index in [1.807, 2.05) is 0 Å². The molecule has 11 heteroatoms. The van der Waals surface area contributed by atoms with Crippen LogP contribution in [0.4, 0.5) is 17.1 Å². The zero-order valence-electron chi connectivity index (χ0n) is 14.3. The van der Waals surface area contributed by atoms with Crippen molar-refractivity contribution in [1.82, 2.24) is 0 Å². The van der Waals surface area contributed by atoms with Crippen LogP contribution in [0, 0.1) is 20.2 Å². The van der Waals surface area contributed by atoms with Gasteiger partial charge in [0.05, 0.1) is 55.4 Å². The summed E-state index contributed by atoms with van der Waals surface area (Å²) < 4.78 is 15.2. The van der Waals surface area contributed by atoms with Gasteiger partial charge in [0.15, 0.2) is 0 Å². The third-order valence-electron chi connectivity index (χ3n) is 3.08. The van der Waals surface area contributed by atoms with Gasteiger partial charge in [-0.15, -0.1) is 0 Å². The molecular weight excluding hydrogens is 350 g/mol. The highest BCUT2D eigenvalue weighted by Gasteiger charge is 2.18. The molecule has 0 radical (unpaired) electrons. The van der Waals surface area contributed by atoms with Crippen LogP contribution < -0.4 is 5.32 Å². The number of hydrogen-bond acceptors (Lipinski definition) is 9. The van der Waals surface area contributed by atoms with Crippen molar-refractivity contribution >= 4 is 23.0 Å². The first-order valence-corrected chi connectivity index (χ1v) is 7.93. The second-order valence-electron chi connectivity index (χ2n) is 4.92. The SMILES string of the molecule is CCOC(=O)CCOCCOCCNc1ccc([N+](=O)[O-])cc1[N+](=O)[O-]. The summed E-state index contributed by atoms with van der Waals surface area (Å²) in [6.45, 7) is 3.45. The van der Waals surface area contributed by atoms with Gasteiger partial charge in [-0.2, -0.15) is 0 Å². The average Bonchev–Trinajstić information content (AvgIpc) is 2.60. The molecule has 1 rings (SSSR count). The van der Waals surface area contributed by atoms with Crippen molar-refractivity contribution in [3.63, 3.8) is 0 Å². The number of nitrogens with zero attached hydrogens (tertiary/aromatic N) is 2. The maximum absolute atomic E-state index is 11.1. The Hall–Kier alpha value is -2.79. The van der Waals surface area contributed by atoms with Crippen LogP contribution in [0.1, 0.15) is 13.3 Å². The lowest BCUT2D eigenvalue weighted by Gasteiger charge is -2.08. The third-order valence-corrected chi connectivity index (χ3v) is 3.08. The summed E-state index contributed by atoms with van der Waals surface area (Å²) in [5.74, 6) is -0.317. The van der Waals surface area contributed by atoms with E-state index in [1.54, 1.807) is 6.92 Å². The van der Waals surface area contributed by atoms with Crippen molar-refractivity contribution in [1.29, 1.82) is 0 Å². The zero-order chi connectivity index (χ0) is 19.4. The molecule has 0 atom stereocenters. The lowest BCUT2D eigenvalue weighted by molar-refractivity contribution is -0.393. The van der Waals surface area contributed by atoms with Crippen LogP contribution in [0.2, 0.25) is 0 Å². The number of carbonyl (C=O) groups excluding carboxylic acids is 1. The number of nitro benzene ring substituents is 2. The van der Waals surface area contributed by atoms with Gasteiger partial charge in [-0.05, 0) is 13.0 Å². The molecule has 0 aliphatic heterocycles. The molecule has 0 aromatic heterocycles. The first-order valence-electron chi connectivity index (χ1n) is 7.93. The van der Waals surface area contributed by atoms with Gasteiger partial charge < -0.3 is 19.5 Å². The number of esters is 1. The van der Waals surface area contributed by atoms with Gasteiger partial charge in [0, 0.05) is 12.6 Å². The first-order chi connectivity index (χ1) is 12.5. The molecule has 0 amide bonds. The Morgan fingerprint density at radius 2 is 1.77 bits per heavy atom. The summed E-state index contributed by atoms with van der Waals surface area (Å²) >= 11 is 0. The van der Waals surface area contributed by atoms with Crippen LogP contribution in [0.5, 0.6) is 0 Å². The lowest BCUT2D eigenvalue weighted by atomic mass is 10.2. The maximum atomic E-state index is 11.1. The quantitative estimate of drug-likeness (QED) is 0.238. The Balaban J connectivity index is 2.23. The molecule has 0 saturated carbocycles. The molecule has 0 aliphatic rings. The van der Waals surface area contributed by atoms with E-state index in [-0.39, 0.29) is 49.2 Å². The number of rotatable bonds is 13. The Labute approximate surface area is 149 Å². The zero-order valence-corrected chi connectivity index (χ0v) is 14.3. The molecule has 0 saturated heterocycles. The fraction of sp³-hybridized carbons (Fsp3) is 0.533. The smallest absolute Gasteiger partial charge is 0.308 e. The predicted molar refractivity (Wildman–Crippen MR) is 91.1 cm³/mol. The largest absolute Gasteiger partial charge is 0.466 e. The second-order valence-corrected chi connectivity index (χ2v) is 4.92. The Kier molecular flexibility index (Phi) is 9.57. The van der Waals surface area contributed by atoms with Gasteiger partial charge in [-0.25, -0.2) is 0 Å². The molecule has 0 heterocycles. The Morgan fingerprint density at radius 3 is 2.38 bits per heavy atom. The summed E-state index contributed by atoms with van der Waals surface area (Å²) in [6, 6.07) is 3.38. The molecule has 0 spiro atoms. The maximum Gasteiger partial charge on any atom is 0.308 e. The van der Waals surface area contributed by atoms with Crippen LogP contribution in [-0.4, -0.2) is 55.4 Å². The third kappa shape index (κ3) is 7.85.